The van der Waals surface area contributed by atoms with Crippen molar-refractivity contribution in [1.82, 2.24) is 4.90 Å². The van der Waals surface area contributed by atoms with E-state index in [0.717, 1.165) is 6.42 Å². The summed E-state index contributed by atoms with van der Waals surface area (Å²) in [4.78, 5) is 24.8. The third-order valence-electron chi connectivity index (χ3n) is 5.14. The van der Waals surface area contributed by atoms with Gasteiger partial charge in [0.15, 0.2) is 0 Å². The monoisotopic (exact) mass is 307 g/mol. The van der Waals surface area contributed by atoms with Crippen molar-refractivity contribution in [1.29, 1.82) is 0 Å². The number of carboxylic acids is 1. The maximum Gasteiger partial charge on any atom is 0.394 e. The van der Waals surface area contributed by atoms with Gasteiger partial charge in [-0.15, -0.1) is 0 Å². The molecule has 1 amide bonds. The lowest BCUT2D eigenvalue weighted by Gasteiger charge is -2.41. The number of aliphatic carboxylic acids is 1. The second kappa shape index (κ2) is 4.88. The van der Waals surface area contributed by atoms with Crippen molar-refractivity contribution < 1.29 is 27.9 Å². The Labute approximate surface area is 121 Å². The standard InChI is InChI=1S/C14H20F3NO3/c1-12(2)9(14(15,16)17)4-7-18(12)10(19)8-13(11(20)21)5-3-6-13/h9H,3-8H2,1-2H3,(H,20,21). The number of nitrogens with zero attached hydrogens (tertiary/aromatic N) is 1. The topological polar surface area (TPSA) is 57.6 Å². The Morgan fingerprint density at radius 2 is 1.86 bits per heavy atom. The average Bonchev–Trinajstić information content (AvgIpc) is 2.57. The van der Waals surface area contributed by atoms with Gasteiger partial charge in [0.2, 0.25) is 5.91 Å². The number of hydrogen-bond acceptors (Lipinski definition) is 2. The van der Waals surface area contributed by atoms with Crippen LogP contribution in [0.5, 0.6) is 0 Å². The third kappa shape index (κ3) is 2.62. The fourth-order valence-electron chi connectivity index (χ4n) is 3.55. The van der Waals surface area contributed by atoms with Gasteiger partial charge in [0.1, 0.15) is 0 Å². The molecule has 0 aromatic carbocycles. The van der Waals surface area contributed by atoms with E-state index in [4.69, 9.17) is 0 Å². The minimum absolute atomic E-state index is 0.0334. The van der Waals surface area contributed by atoms with Gasteiger partial charge in [-0.1, -0.05) is 6.42 Å². The van der Waals surface area contributed by atoms with Crippen LogP contribution in [0.1, 0.15) is 46.0 Å². The molecule has 1 saturated heterocycles. The van der Waals surface area contributed by atoms with Gasteiger partial charge in [0.05, 0.1) is 11.3 Å². The van der Waals surface area contributed by atoms with Crippen LogP contribution in [0.4, 0.5) is 13.2 Å². The highest BCUT2D eigenvalue weighted by atomic mass is 19.4. The molecule has 4 nitrogen and oxygen atoms in total. The minimum Gasteiger partial charge on any atom is -0.481 e. The van der Waals surface area contributed by atoms with E-state index in [1.165, 1.54) is 18.7 Å². The lowest BCUT2D eigenvalue weighted by molar-refractivity contribution is -0.193. The van der Waals surface area contributed by atoms with Crippen LogP contribution in [0.25, 0.3) is 0 Å². The van der Waals surface area contributed by atoms with Crippen LogP contribution in [-0.4, -0.2) is 40.1 Å². The fraction of sp³-hybridized carbons (Fsp3) is 0.857. The summed E-state index contributed by atoms with van der Waals surface area (Å²) in [5.41, 5.74) is -2.39. The summed E-state index contributed by atoms with van der Waals surface area (Å²) in [6.07, 6.45) is -3.08. The molecule has 1 aliphatic carbocycles. The minimum atomic E-state index is -4.35. The second-order valence-electron chi connectivity index (χ2n) is 6.70. The third-order valence-corrected chi connectivity index (χ3v) is 5.14. The molecule has 2 fully saturated rings. The molecular formula is C14H20F3NO3. The Hall–Kier alpha value is -1.27. The summed E-state index contributed by atoms with van der Waals surface area (Å²) < 4.78 is 39.0. The van der Waals surface area contributed by atoms with Crippen LogP contribution >= 0.6 is 0 Å². The average molecular weight is 307 g/mol. The van der Waals surface area contributed by atoms with Crippen molar-refractivity contribution >= 4 is 11.9 Å². The summed E-state index contributed by atoms with van der Waals surface area (Å²) in [5.74, 6) is -3.06. The van der Waals surface area contributed by atoms with Gasteiger partial charge in [-0.2, -0.15) is 13.2 Å². The van der Waals surface area contributed by atoms with Crippen molar-refractivity contribution in [3.05, 3.63) is 0 Å². The molecule has 7 heteroatoms. The van der Waals surface area contributed by atoms with E-state index < -0.39 is 34.9 Å². The highest BCUT2D eigenvalue weighted by Gasteiger charge is 2.57. The smallest absolute Gasteiger partial charge is 0.394 e. The molecule has 0 aromatic rings. The van der Waals surface area contributed by atoms with Gasteiger partial charge in [0, 0.05) is 18.5 Å². The summed E-state index contributed by atoms with van der Waals surface area (Å²) >= 11 is 0. The molecular weight excluding hydrogens is 287 g/mol. The number of likely N-dealkylation sites (tertiary alicyclic amines) is 1. The molecule has 2 rings (SSSR count). The zero-order valence-corrected chi connectivity index (χ0v) is 12.2. The van der Waals surface area contributed by atoms with E-state index in [-0.39, 0.29) is 19.4 Å². The van der Waals surface area contributed by atoms with E-state index in [2.05, 4.69) is 0 Å². The van der Waals surface area contributed by atoms with Crippen LogP contribution in [0.15, 0.2) is 0 Å². The SMILES string of the molecule is CC1(C)C(C(F)(F)F)CCN1C(=O)CC1(C(=O)O)CCC1. The summed E-state index contributed by atoms with van der Waals surface area (Å²) in [6.45, 7) is 2.85. The van der Waals surface area contributed by atoms with Crippen molar-refractivity contribution in [2.45, 2.75) is 57.7 Å². The zero-order valence-electron chi connectivity index (χ0n) is 12.2. The number of carboxylic acid groups (broad SMARTS) is 1. The summed E-state index contributed by atoms with van der Waals surface area (Å²) in [7, 11) is 0. The molecule has 0 spiro atoms. The predicted molar refractivity (Wildman–Crippen MR) is 68.5 cm³/mol. The number of amides is 1. The lowest BCUT2D eigenvalue weighted by Crippen LogP contribution is -2.52. The molecule has 2 aliphatic rings. The van der Waals surface area contributed by atoms with Crippen LogP contribution in [0, 0.1) is 11.3 Å². The number of alkyl halides is 3. The molecule has 1 heterocycles. The van der Waals surface area contributed by atoms with Gasteiger partial charge in [-0.05, 0) is 33.1 Å². The van der Waals surface area contributed by atoms with Crippen LogP contribution in [-0.2, 0) is 9.59 Å². The van der Waals surface area contributed by atoms with Gasteiger partial charge < -0.3 is 10.0 Å². The Balaban J connectivity index is 2.12. The van der Waals surface area contributed by atoms with Crippen molar-refractivity contribution in [2.75, 3.05) is 6.54 Å². The molecule has 120 valence electrons. The van der Waals surface area contributed by atoms with Crippen LogP contribution in [0.3, 0.4) is 0 Å². The molecule has 0 radical (unpaired) electrons. The highest BCUT2D eigenvalue weighted by Crippen LogP contribution is 2.48. The second-order valence-corrected chi connectivity index (χ2v) is 6.70. The fourth-order valence-corrected chi connectivity index (χ4v) is 3.55. The lowest BCUT2D eigenvalue weighted by atomic mass is 9.66. The van der Waals surface area contributed by atoms with Crippen molar-refractivity contribution in [2.24, 2.45) is 11.3 Å². The number of carbonyl (C=O) groups is 2. The van der Waals surface area contributed by atoms with Gasteiger partial charge >= 0.3 is 12.1 Å². The molecule has 0 bridgehead atoms. The first-order valence-corrected chi connectivity index (χ1v) is 7.11. The quantitative estimate of drug-likeness (QED) is 0.872. The van der Waals surface area contributed by atoms with Crippen molar-refractivity contribution in [3.63, 3.8) is 0 Å². The highest BCUT2D eigenvalue weighted by molar-refractivity contribution is 5.86. The van der Waals surface area contributed by atoms with Gasteiger partial charge in [-0.25, -0.2) is 0 Å². The Bertz CT molecular complexity index is 455. The van der Waals surface area contributed by atoms with Crippen molar-refractivity contribution in [3.8, 4) is 0 Å². The first-order chi connectivity index (χ1) is 9.51. The number of rotatable bonds is 3. The Kier molecular flexibility index (Phi) is 3.74. The van der Waals surface area contributed by atoms with E-state index in [9.17, 15) is 27.9 Å². The molecule has 1 saturated carbocycles. The largest absolute Gasteiger partial charge is 0.481 e. The van der Waals surface area contributed by atoms with Crippen LogP contribution in [0.2, 0.25) is 0 Å². The number of hydrogen-bond donors (Lipinski definition) is 1. The predicted octanol–water partition coefficient (Wildman–Crippen LogP) is 2.82. The van der Waals surface area contributed by atoms with E-state index >= 15 is 0 Å². The zero-order chi connectivity index (χ0) is 16.1. The Morgan fingerprint density at radius 3 is 2.19 bits per heavy atom. The molecule has 1 unspecified atom stereocenters. The molecule has 1 N–H and O–H groups in total. The maximum absolute atomic E-state index is 13.0. The van der Waals surface area contributed by atoms with E-state index in [0.29, 0.717) is 12.8 Å². The molecule has 1 aliphatic heterocycles. The van der Waals surface area contributed by atoms with E-state index in [1.807, 2.05) is 0 Å². The summed E-state index contributed by atoms with van der Waals surface area (Å²) in [5, 5.41) is 9.24. The number of halogens is 3. The molecule has 0 aromatic heterocycles. The maximum atomic E-state index is 13.0. The van der Waals surface area contributed by atoms with Gasteiger partial charge in [-0.3, -0.25) is 9.59 Å². The number of carbonyl (C=O) groups excluding carboxylic acids is 1. The summed E-state index contributed by atoms with van der Waals surface area (Å²) in [6, 6.07) is 0. The molecule has 21 heavy (non-hydrogen) atoms. The van der Waals surface area contributed by atoms with E-state index in [1.54, 1.807) is 0 Å². The Morgan fingerprint density at radius 1 is 1.29 bits per heavy atom. The first-order valence-electron chi connectivity index (χ1n) is 7.11. The molecule has 1 atom stereocenters. The van der Waals surface area contributed by atoms with Gasteiger partial charge in [0.25, 0.3) is 0 Å². The van der Waals surface area contributed by atoms with Crippen LogP contribution < -0.4 is 0 Å². The first kappa shape index (κ1) is 16.1. The normalized spacial score (nSPS) is 27.3.